The lowest BCUT2D eigenvalue weighted by atomic mass is 10.1. The van der Waals surface area contributed by atoms with E-state index in [4.69, 9.17) is 5.73 Å². The van der Waals surface area contributed by atoms with Gasteiger partial charge in [-0.15, -0.1) is 0 Å². The van der Waals surface area contributed by atoms with Crippen LogP contribution in [0.25, 0.3) is 0 Å². The molecule has 0 aliphatic carbocycles. The number of halogens is 3. The highest BCUT2D eigenvalue weighted by Crippen LogP contribution is 2.33. The van der Waals surface area contributed by atoms with E-state index in [9.17, 15) is 18.0 Å². The molecule has 1 amide bonds. The molecule has 21 heavy (non-hydrogen) atoms. The molecule has 1 aromatic carbocycles. The van der Waals surface area contributed by atoms with Gasteiger partial charge in [0.1, 0.15) is 11.5 Å². The molecule has 0 saturated heterocycles. The maximum Gasteiger partial charge on any atom is 0.416 e. The van der Waals surface area contributed by atoms with Gasteiger partial charge >= 0.3 is 6.18 Å². The van der Waals surface area contributed by atoms with Crippen molar-refractivity contribution in [2.45, 2.75) is 13.1 Å². The first-order valence-electron chi connectivity index (χ1n) is 5.99. The maximum atomic E-state index is 12.8. The summed E-state index contributed by atoms with van der Waals surface area (Å²) in [6.07, 6.45) is -4.47. The standard InChI is InChI=1S/C14H12F3N3O/c1-8-5-6-9(7-10(8)14(15,16)17)19-13(21)11-3-2-4-12(18)20-11/h2-7H,1H3,(H2,18,20)(H,19,21). The Balaban J connectivity index is 2.26. The number of nitrogens with two attached hydrogens (primary N) is 1. The Bertz CT molecular complexity index is 683. The lowest BCUT2D eigenvalue weighted by Crippen LogP contribution is -2.15. The Labute approximate surface area is 118 Å². The molecule has 0 fully saturated rings. The zero-order chi connectivity index (χ0) is 15.6. The van der Waals surface area contributed by atoms with Gasteiger partial charge in [-0.25, -0.2) is 4.98 Å². The summed E-state index contributed by atoms with van der Waals surface area (Å²) < 4.78 is 38.4. The number of nitrogen functional groups attached to an aromatic ring is 1. The quantitative estimate of drug-likeness (QED) is 0.893. The molecule has 0 aliphatic rings. The van der Waals surface area contributed by atoms with E-state index in [1.807, 2.05) is 0 Å². The minimum Gasteiger partial charge on any atom is -0.384 e. The molecule has 0 saturated carbocycles. The minimum absolute atomic E-state index is 0.0316. The number of amides is 1. The smallest absolute Gasteiger partial charge is 0.384 e. The second-order valence-corrected chi connectivity index (χ2v) is 4.43. The highest BCUT2D eigenvalue weighted by molar-refractivity contribution is 6.03. The Kier molecular flexibility index (Phi) is 3.84. The van der Waals surface area contributed by atoms with Gasteiger partial charge in [-0.2, -0.15) is 13.2 Å². The predicted octanol–water partition coefficient (Wildman–Crippen LogP) is 3.24. The first kappa shape index (κ1) is 14.8. The Morgan fingerprint density at radius 2 is 1.95 bits per heavy atom. The number of pyridine rings is 1. The Morgan fingerprint density at radius 1 is 1.24 bits per heavy atom. The van der Waals surface area contributed by atoms with Crippen molar-refractivity contribution >= 4 is 17.4 Å². The number of anilines is 2. The first-order valence-corrected chi connectivity index (χ1v) is 5.99. The Morgan fingerprint density at radius 3 is 2.57 bits per heavy atom. The number of alkyl halides is 3. The first-order chi connectivity index (χ1) is 9.77. The Hall–Kier alpha value is -2.57. The fourth-order valence-corrected chi connectivity index (χ4v) is 1.78. The highest BCUT2D eigenvalue weighted by atomic mass is 19.4. The molecule has 0 spiro atoms. The van der Waals surface area contributed by atoms with Crippen LogP contribution in [0.4, 0.5) is 24.7 Å². The van der Waals surface area contributed by atoms with E-state index < -0.39 is 17.6 Å². The number of nitrogens with zero attached hydrogens (tertiary/aromatic N) is 1. The van der Waals surface area contributed by atoms with E-state index in [2.05, 4.69) is 10.3 Å². The highest BCUT2D eigenvalue weighted by Gasteiger charge is 2.32. The van der Waals surface area contributed by atoms with Crippen molar-refractivity contribution in [2.24, 2.45) is 0 Å². The number of aromatic nitrogens is 1. The average molecular weight is 295 g/mol. The molecule has 0 bridgehead atoms. The number of rotatable bonds is 2. The van der Waals surface area contributed by atoms with Crippen LogP contribution >= 0.6 is 0 Å². The van der Waals surface area contributed by atoms with Gasteiger partial charge in [-0.05, 0) is 36.8 Å². The normalized spacial score (nSPS) is 11.2. The van der Waals surface area contributed by atoms with Crippen LogP contribution in [0.1, 0.15) is 21.6 Å². The zero-order valence-electron chi connectivity index (χ0n) is 11.0. The van der Waals surface area contributed by atoms with Crippen LogP contribution < -0.4 is 11.1 Å². The van der Waals surface area contributed by atoms with Gasteiger partial charge in [0.15, 0.2) is 0 Å². The monoisotopic (exact) mass is 295 g/mol. The van der Waals surface area contributed by atoms with Crippen molar-refractivity contribution in [1.29, 1.82) is 0 Å². The van der Waals surface area contributed by atoms with Crippen molar-refractivity contribution in [3.8, 4) is 0 Å². The molecule has 4 nitrogen and oxygen atoms in total. The van der Waals surface area contributed by atoms with Gasteiger partial charge in [0.2, 0.25) is 0 Å². The van der Waals surface area contributed by atoms with Crippen LogP contribution in [0.5, 0.6) is 0 Å². The van der Waals surface area contributed by atoms with Crippen molar-refractivity contribution < 1.29 is 18.0 Å². The van der Waals surface area contributed by atoms with Gasteiger partial charge < -0.3 is 11.1 Å². The molecule has 7 heteroatoms. The van der Waals surface area contributed by atoms with Crippen LogP contribution in [0.3, 0.4) is 0 Å². The van der Waals surface area contributed by atoms with Gasteiger partial charge in [-0.3, -0.25) is 4.79 Å². The third kappa shape index (κ3) is 3.50. The number of benzene rings is 1. The SMILES string of the molecule is Cc1ccc(NC(=O)c2cccc(N)n2)cc1C(F)(F)F. The molecule has 2 aromatic rings. The van der Waals surface area contributed by atoms with Gasteiger partial charge in [0.05, 0.1) is 5.56 Å². The number of carbonyl (C=O) groups is 1. The fourth-order valence-electron chi connectivity index (χ4n) is 1.78. The molecule has 2 rings (SSSR count). The lowest BCUT2D eigenvalue weighted by molar-refractivity contribution is -0.138. The van der Waals surface area contributed by atoms with Crippen molar-refractivity contribution in [2.75, 3.05) is 11.1 Å². The maximum absolute atomic E-state index is 12.8. The van der Waals surface area contributed by atoms with Gasteiger partial charge in [0.25, 0.3) is 5.91 Å². The van der Waals surface area contributed by atoms with E-state index in [1.165, 1.54) is 37.3 Å². The van der Waals surface area contributed by atoms with Crippen LogP contribution in [-0.4, -0.2) is 10.9 Å². The van der Waals surface area contributed by atoms with E-state index in [-0.39, 0.29) is 22.8 Å². The average Bonchev–Trinajstić information content (AvgIpc) is 2.39. The number of aryl methyl sites for hydroxylation is 1. The molecule has 0 unspecified atom stereocenters. The minimum atomic E-state index is -4.47. The molecule has 0 radical (unpaired) electrons. The zero-order valence-corrected chi connectivity index (χ0v) is 11.0. The molecule has 1 heterocycles. The number of nitrogens with one attached hydrogen (secondary N) is 1. The van der Waals surface area contributed by atoms with Crippen LogP contribution in [0.2, 0.25) is 0 Å². The van der Waals surface area contributed by atoms with E-state index in [0.29, 0.717) is 0 Å². The van der Waals surface area contributed by atoms with Crippen LogP contribution in [0, 0.1) is 6.92 Å². The molecule has 0 atom stereocenters. The molecule has 1 aromatic heterocycles. The number of hydrogen-bond donors (Lipinski definition) is 2. The summed E-state index contributed by atoms with van der Waals surface area (Å²) in [5, 5.41) is 2.37. The molecule has 3 N–H and O–H groups in total. The molecule has 110 valence electrons. The predicted molar refractivity (Wildman–Crippen MR) is 72.8 cm³/mol. The van der Waals surface area contributed by atoms with Crippen LogP contribution in [0.15, 0.2) is 36.4 Å². The number of hydrogen-bond acceptors (Lipinski definition) is 3. The largest absolute Gasteiger partial charge is 0.416 e. The summed E-state index contributed by atoms with van der Waals surface area (Å²) in [6, 6.07) is 8.04. The van der Waals surface area contributed by atoms with Gasteiger partial charge in [0, 0.05) is 5.69 Å². The van der Waals surface area contributed by atoms with Crippen molar-refractivity contribution in [1.82, 2.24) is 4.98 Å². The summed E-state index contributed by atoms with van der Waals surface area (Å²) in [5.41, 5.74) is 4.82. The topological polar surface area (TPSA) is 68.0 Å². The second kappa shape index (κ2) is 5.43. The molecule has 0 aliphatic heterocycles. The summed E-state index contributed by atoms with van der Waals surface area (Å²) in [5.74, 6) is -0.471. The van der Waals surface area contributed by atoms with E-state index in [1.54, 1.807) is 0 Å². The number of carbonyl (C=O) groups excluding carboxylic acids is 1. The summed E-state index contributed by atoms with van der Waals surface area (Å²) in [6.45, 7) is 1.36. The molecular formula is C14H12F3N3O. The fraction of sp³-hybridized carbons (Fsp3) is 0.143. The summed E-state index contributed by atoms with van der Waals surface area (Å²) in [7, 11) is 0. The third-order valence-electron chi connectivity index (χ3n) is 2.80. The van der Waals surface area contributed by atoms with E-state index >= 15 is 0 Å². The van der Waals surface area contributed by atoms with Crippen molar-refractivity contribution in [3.05, 3.63) is 53.2 Å². The van der Waals surface area contributed by atoms with E-state index in [0.717, 1.165) is 6.07 Å². The van der Waals surface area contributed by atoms with Crippen LogP contribution in [-0.2, 0) is 6.18 Å². The van der Waals surface area contributed by atoms with Crippen molar-refractivity contribution in [3.63, 3.8) is 0 Å². The molecular weight excluding hydrogens is 283 g/mol. The second-order valence-electron chi connectivity index (χ2n) is 4.43. The third-order valence-corrected chi connectivity index (χ3v) is 2.80. The van der Waals surface area contributed by atoms with Gasteiger partial charge in [-0.1, -0.05) is 12.1 Å². The lowest BCUT2D eigenvalue weighted by Gasteiger charge is -2.12. The summed E-state index contributed by atoms with van der Waals surface area (Å²) >= 11 is 0. The summed E-state index contributed by atoms with van der Waals surface area (Å²) in [4.78, 5) is 15.7.